The molecule has 1 aliphatic carbocycles. The van der Waals surface area contributed by atoms with Gasteiger partial charge in [0.25, 0.3) is 0 Å². The van der Waals surface area contributed by atoms with E-state index < -0.39 is 5.54 Å². The summed E-state index contributed by atoms with van der Waals surface area (Å²) < 4.78 is 0.773. The number of carbonyl (C=O) groups excluding carboxylic acids is 2. The Hall–Kier alpha value is -1.28. The Morgan fingerprint density at radius 2 is 1.82 bits per heavy atom. The summed E-state index contributed by atoms with van der Waals surface area (Å²) in [6.07, 6.45) is 5.53. The normalized spacial score (nSPS) is 33.4. The van der Waals surface area contributed by atoms with Gasteiger partial charge in [0.05, 0.1) is 38.8 Å². The van der Waals surface area contributed by atoms with E-state index in [9.17, 15) is 9.59 Å². The third-order valence-electron chi connectivity index (χ3n) is 3.54. The van der Waals surface area contributed by atoms with Crippen LogP contribution in [-0.2, 0) is 9.59 Å². The van der Waals surface area contributed by atoms with E-state index in [0.717, 1.165) is 17.3 Å². The molecular formula is C12H20N3O2+. The molecule has 17 heavy (non-hydrogen) atoms. The first-order chi connectivity index (χ1) is 7.80. The molecule has 94 valence electrons. The molecule has 0 aromatic carbocycles. The Morgan fingerprint density at radius 1 is 1.18 bits per heavy atom. The van der Waals surface area contributed by atoms with Gasteiger partial charge in [-0.1, -0.05) is 0 Å². The first-order valence-corrected chi connectivity index (χ1v) is 5.78. The maximum Gasteiger partial charge on any atom is 0.235 e. The number of hydrogen-bond donors (Lipinski definition) is 0. The lowest BCUT2D eigenvalue weighted by molar-refractivity contribution is -0.898. The van der Waals surface area contributed by atoms with Crippen LogP contribution in [0.25, 0.3) is 0 Å². The van der Waals surface area contributed by atoms with Crippen molar-refractivity contribution >= 4 is 12.2 Å². The van der Waals surface area contributed by atoms with Gasteiger partial charge in [-0.2, -0.15) is 4.99 Å². The fourth-order valence-electron chi connectivity index (χ4n) is 2.54. The molecule has 0 radical (unpaired) electrons. The van der Waals surface area contributed by atoms with E-state index in [4.69, 9.17) is 0 Å². The summed E-state index contributed by atoms with van der Waals surface area (Å²) in [5.41, 5.74) is -0.457. The fourth-order valence-corrected chi connectivity index (χ4v) is 2.54. The number of rotatable bonds is 3. The zero-order chi connectivity index (χ0) is 13.1. The summed E-state index contributed by atoms with van der Waals surface area (Å²) in [5.74, 6) is 0. The molecule has 0 aromatic heterocycles. The molecule has 0 spiro atoms. The first-order valence-electron chi connectivity index (χ1n) is 5.78. The maximum absolute atomic E-state index is 10.5. The highest BCUT2D eigenvalue weighted by atomic mass is 16.1. The van der Waals surface area contributed by atoms with Crippen molar-refractivity contribution in [2.24, 2.45) is 9.98 Å². The van der Waals surface area contributed by atoms with Crippen LogP contribution < -0.4 is 0 Å². The molecule has 1 aliphatic rings. The van der Waals surface area contributed by atoms with Crippen LogP contribution in [0.15, 0.2) is 9.98 Å². The van der Waals surface area contributed by atoms with E-state index in [1.165, 1.54) is 0 Å². The van der Waals surface area contributed by atoms with Gasteiger partial charge in [-0.15, -0.1) is 0 Å². The highest BCUT2D eigenvalue weighted by Crippen LogP contribution is 2.36. The SMILES string of the molecule is CC1(N=C=O)CC(N=C=O)CC([N+](C)(C)C)C1. The fraction of sp³-hybridized carbons (Fsp3) is 0.833. The van der Waals surface area contributed by atoms with Gasteiger partial charge >= 0.3 is 0 Å². The largest absolute Gasteiger partial charge is 0.328 e. The van der Waals surface area contributed by atoms with Gasteiger partial charge in [0.2, 0.25) is 12.2 Å². The molecule has 0 saturated heterocycles. The van der Waals surface area contributed by atoms with Crippen molar-refractivity contribution in [3.05, 3.63) is 0 Å². The van der Waals surface area contributed by atoms with Gasteiger partial charge in [-0.25, -0.2) is 14.6 Å². The molecule has 0 N–H and O–H groups in total. The second-order valence-electron chi connectivity index (χ2n) is 5.99. The predicted molar refractivity (Wildman–Crippen MR) is 64.1 cm³/mol. The molecule has 1 rings (SSSR count). The van der Waals surface area contributed by atoms with Crippen LogP contribution in [0.4, 0.5) is 0 Å². The van der Waals surface area contributed by atoms with Gasteiger partial charge in [0.1, 0.15) is 0 Å². The lowest BCUT2D eigenvalue weighted by atomic mass is 9.77. The van der Waals surface area contributed by atoms with Crippen molar-refractivity contribution in [2.75, 3.05) is 21.1 Å². The standard InChI is InChI=1S/C12H20N3O2/c1-12(14-9-17)6-10(13-8-16)5-11(7-12)15(2,3)4/h10-11H,5-7H2,1-4H3/q+1. The van der Waals surface area contributed by atoms with Crippen LogP contribution in [0, 0.1) is 0 Å². The van der Waals surface area contributed by atoms with Gasteiger partial charge in [0, 0.05) is 12.8 Å². The zero-order valence-electron chi connectivity index (χ0n) is 10.9. The number of isocyanates is 2. The number of nitrogens with zero attached hydrogens (tertiary/aromatic N) is 3. The molecule has 0 aliphatic heterocycles. The second-order valence-corrected chi connectivity index (χ2v) is 5.99. The highest BCUT2D eigenvalue weighted by molar-refractivity contribution is 5.36. The van der Waals surface area contributed by atoms with E-state index in [0.29, 0.717) is 12.5 Å². The van der Waals surface area contributed by atoms with Gasteiger partial charge < -0.3 is 4.48 Å². The second kappa shape index (κ2) is 4.92. The molecule has 3 atom stereocenters. The summed E-state index contributed by atoms with van der Waals surface area (Å²) in [6, 6.07) is 0.235. The molecule has 1 saturated carbocycles. The van der Waals surface area contributed by atoms with Crippen LogP contribution in [0.3, 0.4) is 0 Å². The minimum absolute atomic E-state index is 0.0919. The summed E-state index contributed by atoms with van der Waals surface area (Å²) >= 11 is 0. The van der Waals surface area contributed by atoms with Crippen LogP contribution in [-0.4, -0.2) is 55.4 Å². The Morgan fingerprint density at radius 3 is 2.29 bits per heavy atom. The van der Waals surface area contributed by atoms with Gasteiger partial charge in [0.15, 0.2) is 0 Å². The lowest BCUT2D eigenvalue weighted by Crippen LogP contribution is -2.53. The van der Waals surface area contributed by atoms with E-state index >= 15 is 0 Å². The smallest absolute Gasteiger partial charge is 0.235 e. The Bertz CT molecular complexity index is 376. The van der Waals surface area contributed by atoms with Gasteiger partial charge in [-0.05, 0) is 13.3 Å². The van der Waals surface area contributed by atoms with Crippen molar-refractivity contribution < 1.29 is 14.1 Å². The van der Waals surface area contributed by atoms with Crippen LogP contribution in [0.5, 0.6) is 0 Å². The quantitative estimate of drug-likeness (QED) is 0.419. The van der Waals surface area contributed by atoms with Crippen molar-refractivity contribution in [1.82, 2.24) is 0 Å². The van der Waals surface area contributed by atoms with Crippen LogP contribution in [0.2, 0.25) is 0 Å². The third kappa shape index (κ3) is 3.60. The minimum atomic E-state index is -0.457. The Balaban J connectivity index is 2.98. The summed E-state index contributed by atoms with van der Waals surface area (Å²) in [6.45, 7) is 1.92. The average molecular weight is 238 g/mol. The molecule has 5 heteroatoms. The van der Waals surface area contributed by atoms with Crippen molar-refractivity contribution in [2.45, 2.75) is 43.8 Å². The van der Waals surface area contributed by atoms with Gasteiger partial charge in [-0.3, -0.25) is 0 Å². The molecule has 5 nitrogen and oxygen atoms in total. The van der Waals surface area contributed by atoms with E-state index in [-0.39, 0.29) is 6.04 Å². The molecular weight excluding hydrogens is 218 g/mol. The zero-order valence-corrected chi connectivity index (χ0v) is 10.9. The molecule has 0 amide bonds. The number of aliphatic imine (C=N–C) groups is 2. The number of quaternary nitrogens is 1. The average Bonchev–Trinajstić information content (AvgIpc) is 2.15. The Kier molecular flexibility index (Phi) is 3.99. The maximum atomic E-state index is 10.5. The lowest BCUT2D eigenvalue weighted by Gasteiger charge is -2.43. The van der Waals surface area contributed by atoms with E-state index in [2.05, 4.69) is 31.1 Å². The molecule has 0 bridgehead atoms. The van der Waals surface area contributed by atoms with Crippen LogP contribution in [0.1, 0.15) is 26.2 Å². The molecule has 3 unspecified atom stereocenters. The van der Waals surface area contributed by atoms with E-state index in [1.807, 2.05) is 6.92 Å². The summed E-state index contributed by atoms with van der Waals surface area (Å²) in [7, 11) is 6.30. The van der Waals surface area contributed by atoms with Crippen molar-refractivity contribution in [3.63, 3.8) is 0 Å². The first kappa shape index (κ1) is 13.8. The predicted octanol–water partition coefficient (Wildman–Crippen LogP) is 1.04. The topological polar surface area (TPSA) is 58.9 Å². The number of hydrogen-bond acceptors (Lipinski definition) is 4. The summed E-state index contributed by atoms with van der Waals surface area (Å²) in [4.78, 5) is 28.6. The summed E-state index contributed by atoms with van der Waals surface area (Å²) in [5, 5.41) is 0. The third-order valence-corrected chi connectivity index (χ3v) is 3.54. The molecule has 0 aromatic rings. The highest BCUT2D eigenvalue weighted by Gasteiger charge is 2.42. The van der Waals surface area contributed by atoms with Crippen LogP contribution >= 0.6 is 0 Å². The Labute approximate surface area is 102 Å². The monoisotopic (exact) mass is 238 g/mol. The van der Waals surface area contributed by atoms with Crippen molar-refractivity contribution in [3.8, 4) is 0 Å². The van der Waals surface area contributed by atoms with E-state index in [1.54, 1.807) is 12.2 Å². The minimum Gasteiger partial charge on any atom is -0.328 e. The van der Waals surface area contributed by atoms with Crippen molar-refractivity contribution in [1.29, 1.82) is 0 Å². The molecule has 1 fully saturated rings. The molecule has 0 heterocycles.